The third kappa shape index (κ3) is 2.95. The maximum atomic E-state index is 14.4. The quantitative estimate of drug-likeness (QED) is 0.927. The molecule has 4 nitrogen and oxygen atoms in total. The molecule has 0 spiro atoms. The topological polar surface area (TPSA) is 35.6 Å². The van der Waals surface area contributed by atoms with E-state index < -0.39 is 0 Å². The molecule has 1 amide bonds. The summed E-state index contributed by atoms with van der Waals surface area (Å²) < 4.78 is 14.4. The van der Waals surface area contributed by atoms with Crippen LogP contribution < -0.4 is 10.2 Å². The fourth-order valence-electron chi connectivity index (χ4n) is 3.57. The third-order valence-electron chi connectivity index (χ3n) is 4.72. The Kier molecular flexibility index (Phi) is 4.62. The van der Waals surface area contributed by atoms with Gasteiger partial charge in [0.1, 0.15) is 5.82 Å². The summed E-state index contributed by atoms with van der Waals surface area (Å²) >= 11 is 0. The molecule has 3 rings (SSSR count). The molecule has 2 aliphatic heterocycles. The summed E-state index contributed by atoms with van der Waals surface area (Å²) in [5.41, 5.74) is 1.09. The Morgan fingerprint density at radius 1 is 1.27 bits per heavy atom. The summed E-state index contributed by atoms with van der Waals surface area (Å²) in [5, 5.41) is 3.13. The first-order valence-corrected chi connectivity index (χ1v) is 8.21. The maximum absolute atomic E-state index is 14.4. The Balaban J connectivity index is 1.76. The molecule has 0 aromatic heterocycles. The molecule has 0 radical (unpaired) electrons. The van der Waals surface area contributed by atoms with Crippen molar-refractivity contribution in [3.63, 3.8) is 0 Å². The van der Waals surface area contributed by atoms with Gasteiger partial charge in [-0.25, -0.2) is 4.39 Å². The molecular weight excluding hydrogens is 281 g/mol. The highest BCUT2D eigenvalue weighted by Crippen LogP contribution is 2.26. The van der Waals surface area contributed by atoms with E-state index in [4.69, 9.17) is 0 Å². The third-order valence-corrected chi connectivity index (χ3v) is 4.72. The van der Waals surface area contributed by atoms with Crippen LogP contribution in [0.15, 0.2) is 18.2 Å². The fraction of sp³-hybridized carbons (Fsp3) is 0.588. The number of benzene rings is 1. The molecule has 1 aromatic carbocycles. The van der Waals surface area contributed by atoms with Crippen molar-refractivity contribution in [2.45, 2.75) is 31.7 Å². The zero-order valence-electron chi connectivity index (χ0n) is 13.1. The number of likely N-dealkylation sites (tertiary alicyclic amines) is 1. The van der Waals surface area contributed by atoms with Crippen molar-refractivity contribution in [1.82, 2.24) is 10.2 Å². The van der Waals surface area contributed by atoms with Crippen LogP contribution in [0.5, 0.6) is 0 Å². The Morgan fingerprint density at radius 3 is 2.73 bits per heavy atom. The molecule has 1 atom stereocenters. The minimum atomic E-state index is -0.280. The lowest BCUT2D eigenvalue weighted by Crippen LogP contribution is -2.40. The van der Waals surface area contributed by atoms with Crippen LogP contribution in [0.1, 0.15) is 36.0 Å². The summed E-state index contributed by atoms with van der Waals surface area (Å²) in [6.07, 6.45) is 4.26. The predicted molar refractivity (Wildman–Crippen MR) is 85.8 cm³/mol. The summed E-state index contributed by atoms with van der Waals surface area (Å²) in [6.45, 7) is 3.36. The number of halogens is 1. The Morgan fingerprint density at radius 2 is 2.05 bits per heavy atom. The molecule has 2 saturated heterocycles. The predicted octanol–water partition coefficient (Wildman–Crippen LogP) is 2.25. The average Bonchev–Trinajstić information content (AvgIpc) is 3.18. The van der Waals surface area contributed by atoms with Crippen molar-refractivity contribution < 1.29 is 9.18 Å². The van der Waals surface area contributed by atoms with E-state index in [1.807, 2.05) is 11.9 Å². The maximum Gasteiger partial charge on any atom is 0.254 e. The highest BCUT2D eigenvalue weighted by atomic mass is 19.1. The molecule has 0 saturated carbocycles. The number of nitrogens with one attached hydrogen (secondary N) is 1. The molecule has 22 heavy (non-hydrogen) atoms. The number of nitrogens with zero attached hydrogens (tertiary/aromatic N) is 2. The molecular formula is C17H24FN3O. The van der Waals surface area contributed by atoms with Gasteiger partial charge in [0, 0.05) is 37.8 Å². The number of likely N-dealkylation sites (N-methyl/N-ethyl adjacent to an activating group) is 1. The van der Waals surface area contributed by atoms with Crippen LogP contribution >= 0.6 is 0 Å². The number of anilines is 1. The molecule has 120 valence electrons. The average molecular weight is 305 g/mol. The van der Waals surface area contributed by atoms with E-state index in [9.17, 15) is 9.18 Å². The van der Waals surface area contributed by atoms with Gasteiger partial charge in [-0.1, -0.05) is 0 Å². The smallest absolute Gasteiger partial charge is 0.254 e. The Bertz CT molecular complexity index is 543. The minimum absolute atomic E-state index is 0.0513. The van der Waals surface area contributed by atoms with Gasteiger partial charge in [-0.3, -0.25) is 4.79 Å². The molecule has 1 unspecified atom stereocenters. The van der Waals surface area contributed by atoms with E-state index in [1.54, 1.807) is 12.1 Å². The summed E-state index contributed by atoms with van der Waals surface area (Å²) in [5.74, 6) is -0.332. The molecule has 1 aromatic rings. The minimum Gasteiger partial charge on any atom is -0.369 e. The monoisotopic (exact) mass is 305 g/mol. The normalized spacial score (nSPS) is 21.6. The second-order valence-electron chi connectivity index (χ2n) is 6.21. The molecule has 0 bridgehead atoms. The van der Waals surface area contributed by atoms with E-state index in [0.717, 1.165) is 51.9 Å². The van der Waals surface area contributed by atoms with Crippen LogP contribution in [0.4, 0.5) is 10.1 Å². The van der Waals surface area contributed by atoms with Gasteiger partial charge in [0.15, 0.2) is 0 Å². The van der Waals surface area contributed by atoms with Crippen LogP contribution in [0.2, 0.25) is 0 Å². The summed E-state index contributed by atoms with van der Waals surface area (Å²) in [7, 11) is 1.89. The van der Waals surface area contributed by atoms with Crippen molar-refractivity contribution in [1.29, 1.82) is 0 Å². The van der Waals surface area contributed by atoms with Gasteiger partial charge >= 0.3 is 0 Å². The van der Waals surface area contributed by atoms with Gasteiger partial charge in [-0.15, -0.1) is 0 Å². The molecule has 2 fully saturated rings. The van der Waals surface area contributed by atoms with Crippen LogP contribution in [0.25, 0.3) is 0 Å². The Labute approximate surface area is 131 Å². The van der Waals surface area contributed by atoms with Crippen molar-refractivity contribution in [3.05, 3.63) is 29.6 Å². The molecule has 0 aliphatic carbocycles. The lowest BCUT2D eigenvalue weighted by atomic mass is 10.1. The van der Waals surface area contributed by atoms with E-state index >= 15 is 0 Å². The first-order chi connectivity index (χ1) is 10.7. The van der Waals surface area contributed by atoms with Gasteiger partial charge < -0.3 is 15.1 Å². The van der Waals surface area contributed by atoms with Crippen molar-refractivity contribution in [2.24, 2.45) is 0 Å². The van der Waals surface area contributed by atoms with E-state index in [0.29, 0.717) is 11.3 Å². The zero-order valence-corrected chi connectivity index (χ0v) is 13.1. The highest BCUT2D eigenvalue weighted by Gasteiger charge is 2.29. The van der Waals surface area contributed by atoms with E-state index in [-0.39, 0.29) is 17.8 Å². The lowest BCUT2D eigenvalue weighted by molar-refractivity contribution is 0.0736. The van der Waals surface area contributed by atoms with Crippen LogP contribution in [-0.4, -0.2) is 50.1 Å². The van der Waals surface area contributed by atoms with Gasteiger partial charge in [0.05, 0.1) is 5.69 Å². The number of hydrogen-bond donors (Lipinski definition) is 1. The lowest BCUT2D eigenvalue weighted by Gasteiger charge is -2.25. The first kappa shape index (κ1) is 15.3. The largest absolute Gasteiger partial charge is 0.369 e. The van der Waals surface area contributed by atoms with Gasteiger partial charge in [-0.05, 0) is 50.9 Å². The van der Waals surface area contributed by atoms with Crippen LogP contribution in [0.3, 0.4) is 0 Å². The second-order valence-corrected chi connectivity index (χ2v) is 6.21. The number of amides is 1. The molecule has 1 N–H and O–H groups in total. The van der Waals surface area contributed by atoms with Crippen LogP contribution in [0, 0.1) is 5.82 Å². The van der Waals surface area contributed by atoms with Crippen molar-refractivity contribution >= 4 is 11.6 Å². The second kappa shape index (κ2) is 6.65. The summed E-state index contributed by atoms with van der Waals surface area (Å²) in [4.78, 5) is 16.6. The number of rotatable bonds is 4. The number of carbonyl (C=O) groups excluding carboxylic acids is 1. The zero-order chi connectivity index (χ0) is 15.5. The molecule has 2 aliphatic rings. The molecule has 5 heteroatoms. The van der Waals surface area contributed by atoms with Gasteiger partial charge in [-0.2, -0.15) is 0 Å². The standard InChI is InChI=1S/C17H24FN3O/c1-19-12-14-5-4-10-21(14)17(22)13-6-7-16(15(18)11-13)20-8-2-3-9-20/h6-7,11,14,19H,2-5,8-10,12H2,1H3. The van der Waals surface area contributed by atoms with Crippen LogP contribution in [-0.2, 0) is 0 Å². The van der Waals surface area contributed by atoms with E-state index in [2.05, 4.69) is 10.2 Å². The van der Waals surface area contributed by atoms with E-state index in [1.165, 1.54) is 6.07 Å². The van der Waals surface area contributed by atoms with Crippen molar-refractivity contribution in [2.75, 3.05) is 38.1 Å². The van der Waals surface area contributed by atoms with Gasteiger partial charge in [0.25, 0.3) is 5.91 Å². The highest BCUT2D eigenvalue weighted by molar-refractivity contribution is 5.95. The number of carbonyl (C=O) groups is 1. The Hall–Kier alpha value is -1.62. The van der Waals surface area contributed by atoms with Crippen molar-refractivity contribution in [3.8, 4) is 0 Å². The van der Waals surface area contributed by atoms with Gasteiger partial charge in [0.2, 0.25) is 0 Å². The summed E-state index contributed by atoms with van der Waals surface area (Å²) in [6, 6.07) is 5.16. The first-order valence-electron chi connectivity index (χ1n) is 8.21. The SMILES string of the molecule is CNCC1CCCN1C(=O)c1ccc(N2CCCC2)c(F)c1. The fourth-order valence-corrected chi connectivity index (χ4v) is 3.57. The number of hydrogen-bond acceptors (Lipinski definition) is 3. The molecule has 2 heterocycles.